The van der Waals surface area contributed by atoms with Crippen LogP contribution in [0.1, 0.15) is 44.3 Å². The lowest BCUT2D eigenvalue weighted by atomic mass is 10.1. The second kappa shape index (κ2) is 5.00. The smallest absolute Gasteiger partial charge is 0.326 e. The number of anilines is 1. The number of nitrogens with zero attached hydrogens (tertiary/aromatic N) is 3. The molecule has 1 aromatic rings. The van der Waals surface area contributed by atoms with Crippen LogP contribution in [0.2, 0.25) is 0 Å². The Labute approximate surface area is 105 Å². The van der Waals surface area contributed by atoms with Crippen molar-refractivity contribution in [2.75, 3.05) is 11.9 Å². The van der Waals surface area contributed by atoms with Gasteiger partial charge in [0.05, 0.1) is 0 Å². The Morgan fingerprint density at radius 1 is 1.53 bits per heavy atom. The van der Waals surface area contributed by atoms with Crippen molar-refractivity contribution in [3.63, 3.8) is 0 Å². The predicted molar refractivity (Wildman–Crippen MR) is 66.6 cm³/mol. The summed E-state index contributed by atoms with van der Waals surface area (Å²) in [5.41, 5.74) is 0. The number of aromatic nitrogens is 2. The third kappa shape index (κ3) is 2.57. The van der Waals surface area contributed by atoms with Gasteiger partial charge in [0.15, 0.2) is 0 Å². The van der Waals surface area contributed by atoms with Crippen molar-refractivity contribution < 1.29 is 9.90 Å². The second-order valence-electron chi connectivity index (χ2n) is 4.54. The van der Waals surface area contributed by atoms with Gasteiger partial charge in [-0.3, -0.25) is 0 Å². The summed E-state index contributed by atoms with van der Waals surface area (Å²) in [6.07, 6.45) is 4.82. The molecule has 1 saturated carbocycles. The minimum Gasteiger partial charge on any atom is -0.480 e. The predicted octanol–water partition coefficient (Wildman–Crippen LogP) is 2.10. The molecule has 0 bridgehead atoms. The molecule has 5 nitrogen and oxygen atoms in total. The highest BCUT2D eigenvalue weighted by atomic mass is 32.1. The highest BCUT2D eigenvalue weighted by Gasteiger charge is 2.24. The number of hydrogen-bond acceptors (Lipinski definition) is 5. The summed E-state index contributed by atoms with van der Waals surface area (Å²) in [5, 5.41) is 9.64. The lowest BCUT2D eigenvalue weighted by molar-refractivity contribution is -0.138. The quantitative estimate of drug-likeness (QED) is 0.892. The van der Waals surface area contributed by atoms with Gasteiger partial charge >= 0.3 is 5.97 Å². The van der Waals surface area contributed by atoms with E-state index in [-0.39, 0.29) is 0 Å². The van der Waals surface area contributed by atoms with Gasteiger partial charge in [0.25, 0.3) is 0 Å². The summed E-state index contributed by atoms with van der Waals surface area (Å²) in [4.78, 5) is 17.0. The average Bonchev–Trinajstić information content (AvgIpc) is 2.96. The Kier molecular flexibility index (Phi) is 3.61. The van der Waals surface area contributed by atoms with Crippen molar-refractivity contribution >= 4 is 22.6 Å². The third-order valence-electron chi connectivity index (χ3n) is 3.39. The van der Waals surface area contributed by atoms with E-state index in [2.05, 4.69) is 9.36 Å². The average molecular weight is 255 g/mol. The summed E-state index contributed by atoms with van der Waals surface area (Å²) in [6, 6.07) is -0.570. The number of likely N-dealkylation sites (N-methyl/N-ethyl adjacent to an activating group) is 1. The Morgan fingerprint density at radius 3 is 2.76 bits per heavy atom. The molecule has 0 spiro atoms. The molecule has 1 aromatic heterocycles. The number of rotatable bonds is 4. The highest BCUT2D eigenvalue weighted by molar-refractivity contribution is 7.09. The van der Waals surface area contributed by atoms with Crippen LogP contribution in [0.25, 0.3) is 0 Å². The van der Waals surface area contributed by atoms with E-state index in [0.29, 0.717) is 11.0 Å². The topological polar surface area (TPSA) is 66.3 Å². The first-order valence-electron chi connectivity index (χ1n) is 5.89. The first-order valence-corrected chi connectivity index (χ1v) is 6.66. The molecule has 1 heterocycles. The molecule has 0 aromatic carbocycles. The van der Waals surface area contributed by atoms with Gasteiger partial charge < -0.3 is 10.0 Å². The minimum absolute atomic E-state index is 0.480. The van der Waals surface area contributed by atoms with Crippen LogP contribution in [0.5, 0.6) is 0 Å². The van der Waals surface area contributed by atoms with E-state index in [0.717, 1.165) is 18.7 Å². The molecule has 1 aliphatic rings. The lowest BCUT2D eigenvalue weighted by Crippen LogP contribution is -2.35. The summed E-state index contributed by atoms with van der Waals surface area (Å²) in [6.45, 7) is 1.65. The van der Waals surface area contributed by atoms with E-state index in [9.17, 15) is 4.79 Å². The molecule has 0 amide bonds. The maximum Gasteiger partial charge on any atom is 0.326 e. The van der Waals surface area contributed by atoms with Gasteiger partial charge in [-0.1, -0.05) is 12.8 Å². The molecule has 1 fully saturated rings. The van der Waals surface area contributed by atoms with Gasteiger partial charge in [0, 0.05) is 24.5 Å². The molecule has 1 unspecified atom stereocenters. The number of carbonyl (C=O) groups is 1. The van der Waals surface area contributed by atoms with Crippen molar-refractivity contribution in [3.05, 3.63) is 5.82 Å². The van der Waals surface area contributed by atoms with Crippen molar-refractivity contribution in [3.8, 4) is 0 Å². The molecule has 0 saturated heterocycles. The van der Waals surface area contributed by atoms with Crippen molar-refractivity contribution in [2.45, 2.75) is 44.6 Å². The molecule has 2 rings (SSSR count). The Bertz CT molecular complexity index is 401. The van der Waals surface area contributed by atoms with Crippen LogP contribution in [0.15, 0.2) is 0 Å². The minimum atomic E-state index is -0.842. The molecule has 94 valence electrons. The van der Waals surface area contributed by atoms with E-state index in [1.807, 2.05) is 0 Å². The van der Waals surface area contributed by atoms with Crippen molar-refractivity contribution in [1.29, 1.82) is 0 Å². The van der Waals surface area contributed by atoms with E-state index >= 15 is 0 Å². The first kappa shape index (κ1) is 12.3. The Morgan fingerprint density at radius 2 is 2.18 bits per heavy atom. The zero-order valence-electron chi connectivity index (χ0n) is 10.1. The summed E-state index contributed by atoms with van der Waals surface area (Å²) < 4.78 is 4.36. The molecule has 1 atom stereocenters. The van der Waals surface area contributed by atoms with Crippen LogP contribution in [-0.2, 0) is 4.79 Å². The fourth-order valence-electron chi connectivity index (χ4n) is 2.05. The maximum atomic E-state index is 10.9. The van der Waals surface area contributed by atoms with Crippen LogP contribution in [0, 0.1) is 0 Å². The van der Waals surface area contributed by atoms with Gasteiger partial charge in [-0.2, -0.15) is 4.37 Å². The zero-order valence-corrected chi connectivity index (χ0v) is 10.9. The molecule has 0 aliphatic heterocycles. The molecule has 1 N–H and O–H groups in total. The van der Waals surface area contributed by atoms with E-state index < -0.39 is 12.0 Å². The van der Waals surface area contributed by atoms with Gasteiger partial charge in [0.2, 0.25) is 5.13 Å². The van der Waals surface area contributed by atoms with Gasteiger partial charge in [-0.05, 0) is 19.8 Å². The Balaban J connectivity index is 2.09. The van der Waals surface area contributed by atoms with Gasteiger partial charge in [-0.25, -0.2) is 9.78 Å². The van der Waals surface area contributed by atoms with E-state index in [4.69, 9.17) is 5.11 Å². The largest absolute Gasteiger partial charge is 0.480 e. The maximum absolute atomic E-state index is 10.9. The van der Waals surface area contributed by atoms with Crippen LogP contribution in [0.4, 0.5) is 5.13 Å². The number of aliphatic carboxylic acids is 1. The third-order valence-corrected chi connectivity index (χ3v) is 4.21. The van der Waals surface area contributed by atoms with Crippen LogP contribution < -0.4 is 4.90 Å². The normalized spacial score (nSPS) is 18.2. The van der Waals surface area contributed by atoms with Gasteiger partial charge in [0.1, 0.15) is 11.9 Å². The lowest BCUT2D eigenvalue weighted by Gasteiger charge is -2.19. The molecule has 1 aliphatic carbocycles. The second-order valence-corrected chi connectivity index (χ2v) is 5.27. The van der Waals surface area contributed by atoms with Crippen molar-refractivity contribution in [2.24, 2.45) is 0 Å². The summed E-state index contributed by atoms with van der Waals surface area (Å²) in [7, 11) is 1.75. The first-order chi connectivity index (χ1) is 8.09. The van der Waals surface area contributed by atoms with E-state index in [1.54, 1.807) is 18.9 Å². The molecule has 17 heavy (non-hydrogen) atoms. The molecule has 0 radical (unpaired) electrons. The van der Waals surface area contributed by atoms with Gasteiger partial charge in [-0.15, -0.1) is 0 Å². The van der Waals surface area contributed by atoms with Crippen molar-refractivity contribution in [1.82, 2.24) is 9.36 Å². The molecular weight excluding hydrogens is 238 g/mol. The summed E-state index contributed by atoms with van der Waals surface area (Å²) in [5.74, 6) is 0.533. The van der Waals surface area contributed by atoms with E-state index in [1.165, 1.54) is 24.4 Å². The molecular formula is C11H17N3O2S. The number of carboxylic acids is 1. The zero-order chi connectivity index (χ0) is 12.4. The monoisotopic (exact) mass is 255 g/mol. The standard InChI is InChI=1S/C11H17N3O2S/c1-7(10(15)16)14(2)11-12-9(13-17-11)8-5-3-4-6-8/h7-8H,3-6H2,1-2H3,(H,15,16). The fourth-order valence-corrected chi connectivity index (χ4v) is 2.84. The van der Waals surface area contributed by atoms with Crippen LogP contribution in [0.3, 0.4) is 0 Å². The van der Waals surface area contributed by atoms with Crippen LogP contribution in [-0.4, -0.2) is 33.5 Å². The number of carboxylic acid groups (broad SMARTS) is 1. The molecule has 6 heteroatoms. The van der Waals surface area contributed by atoms with Crippen LogP contribution >= 0.6 is 11.5 Å². The fraction of sp³-hybridized carbons (Fsp3) is 0.727. The SMILES string of the molecule is CC(C(=O)O)N(C)c1nc(C2CCCC2)ns1. The summed E-state index contributed by atoms with van der Waals surface area (Å²) >= 11 is 1.29. The highest BCUT2D eigenvalue weighted by Crippen LogP contribution is 2.34. The number of hydrogen-bond donors (Lipinski definition) is 1. The Hall–Kier alpha value is -1.17.